The summed E-state index contributed by atoms with van der Waals surface area (Å²) in [6.07, 6.45) is 1.30. The number of methoxy groups -OCH3 is 1. The molecular weight excluding hydrogens is 396 g/mol. The summed E-state index contributed by atoms with van der Waals surface area (Å²) in [5, 5.41) is 18.9. The Kier molecular flexibility index (Phi) is 5.44. The fourth-order valence-corrected chi connectivity index (χ4v) is 3.08. The van der Waals surface area contributed by atoms with Gasteiger partial charge in [0.1, 0.15) is 11.5 Å². The molecule has 0 aliphatic carbocycles. The van der Waals surface area contributed by atoms with Gasteiger partial charge in [-0.1, -0.05) is 36.4 Å². The van der Waals surface area contributed by atoms with Crippen molar-refractivity contribution in [3.8, 4) is 17.2 Å². The van der Waals surface area contributed by atoms with E-state index < -0.39 is 5.91 Å². The first kappa shape index (κ1) is 19.8. The van der Waals surface area contributed by atoms with Gasteiger partial charge in [-0.2, -0.15) is 14.9 Å². The average Bonchev–Trinajstić information content (AvgIpc) is 2.81. The number of rotatable bonds is 5. The molecule has 1 aromatic heterocycles. The molecule has 0 saturated heterocycles. The number of hydrogen-bond acceptors (Lipinski definition) is 6. The third-order valence-electron chi connectivity index (χ3n) is 4.63. The minimum absolute atomic E-state index is 0.0139. The standard InChI is InChI=1S/C23H18N4O4/c1-31-17-11-12-20(28)15(13-17)14-24-25-22(29)21-18-9-5-6-10-19(18)23(30)27(26-21)16-7-3-2-4-8-16/h2-14,28H,1H3,(H,25,29)/b24-14+. The van der Waals surface area contributed by atoms with Crippen LogP contribution in [0.15, 0.2) is 82.7 Å². The second-order valence-electron chi connectivity index (χ2n) is 6.57. The number of carbonyl (C=O) groups is 1. The maximum atomic E-state index is 12.9. The normalized spacial score (nSPS) is 11.0. The zero-order chi connectivity index (χ0) is 21.8. The van der Waals surface area contributed by atoms with Crippen molar-refractivity contribution in [2.24, 2.45) is 5.10 Å². The van der Waals surface area contributed by atoms with E-state index in [9.17, 15) is 14.7 Å². The summed E-state index contributed by atoms with van der Waals surface area (Å²) in [5.74, 6) is -0.0762. The number of amides is 1. The Balaban J connectivity index is 1.71. The number of aromatic nitrogens is 2. The lowest BCUT2D eigenvalue weighted by atomic mass is 10.1. The lowest BCUT2D eigenvalue weighted by Crippen LogP contribution is -2.28. The summed E-state index contributed by atoms with van der Waals surface area (Å²) >= 11 is 0. The average molecular weight is 414 g/mol. The van der Waals surface area contributed by atoms with Gasteiger partial charge in [-0.3, -0.25) is 9.59 Å². The Labute approximate surface area is 177 Å². The fourth-order valence-electron chi connectivity index (χ4n) is 3.08. The molecule has 3 aromatic carbocycles. The zero-order valence-corrected chi connectivity index (χ0v) is 16.5. The van der Waals surface area contributed by atoms with E-state index >= 15 is 0 Å². The molecule has 1 amide bonds. The van der Waals surface area contributed by atoms with E-state index in [2.05, 4.69) is 15.6 Å². The molecular formula is C23H18N4O4. The number of nitrogens with zero attached hydrogens (tertiary/aromatic N) is 3. The van der Waals surface area contributed by atoms with Crippen LogP contribution < -0.4 is 15.7 Å². The van der Waals surface area contributed by atoms with Crippen molar-refractivity contribution in [1.29, 1.82) is 0 Å². The molecule has 0 atom stereocenters. The number of ether oxygens (including phenoxy) is 1. The first-order chi connectivity index (χ1) is 15.1. The van der Waals surface area contributed by atoms with Crippen molar-refractivity contribution < 1.29 is 14.6 Å². The van der Waals surface area contributed by atoms with Gasteiger partial charge in [0, 0.05) is 10.9 Å². The molecule has 8 heteroatoms. The quantitative estimate of drug-likeness (QED) is 0.386. The second-order valence-corrected chi connectivity index (χ2v) is 6.57. The number of benzene rings is 3. The maximum Gasteiger partial charge on any atom is 0.292 e. The number of hydrogen-bond donors (Lipinski definition) is 2. The van der Waals surface area contributed by atoms with Crippen LogP contribution in [-0.2, 0) is 0 Å². The highest BCUT2D eigenvalue weighted by Gasteiger charge is 2.17. The van der Waals surface area contributed by atoms with Crippen LogP contribution in [0.1, 0.15) is 16.1 Å². The van der Waals surface area contributed by atoms with Gasteiger partial charge < -0.3 is 9.84 Å². The van der Waals surface area contributed by atoms with E-state index in [0.29, 0.717) is 27.8 Å². The molecule has 1 heterocycles. The largest absolute Gasteiger partial charge is 0.507 e. The van der Waals surface area contributed by atoms with E-state index in [-0.39, 0.29) is 17.0 Å². The Bertz CT molecular complexity index is 1350. The van der Waals surface area contributed by atoms with Gasteiger partial charge in [0.25, 0.3) is 11.5 Å². The van der Waals surface area contributed by atoms with Crippen LogP contribution in [0.2, 0.25) is 0 Å². The molecule has 0 aliphatic rings. The number of para-hydroxylation sites is 1. The number of nitrogens with one attached hydrogen (secondary N) is 1. The lowest BCUT2D eigenvalue weighted by Gasteiger charge is -2.10. The van der Waals surface area contributed by atoms with Crippen LogP contribution in [0.4, 0.5) is 0 Å². The molecule has 4 aromatic rings. The minimum Gasteiger partial charge on any atom is -0.507 e. The van der Waals surface area contributed by atoms with E-state index in [1.165, 1.54) is 24.1 Å². The number of fused-ring (bicyclic) bond motifs is 1. The molecule has 0 fully saturated rings. The fraction of sp³-hybridized carbons (Fsp3) is 0.0435. The first-order valence-corrected chi connectivity index (χ1v) is 9.36. The molecule has 0 spiro atoms. The monoisotopic (exact) mass is 414 g/mol. The van der Waals surface area contributed by atoms with Gasteiger partial charge >= 0.3 is 0 Å². The molecule has 0 bridgehead atoms. The van der Waals surface area contributed by atoms with Gasteiger partial charge in [-0.05, 0) is 36.4 Å². The van der Waals surface area contributed by atoms with Crippen molar-refractivity contribution in [2.75, 3.05) is 7.11 Å². The number of aromatic hydroxyl groups is 1. The molecule has 0 unspecified atom stereocenters. The molecule has 154 valence electrons. The molecule has 0 aliphatic heterocycles. The molecule has 0 radical (unpaired) electrons. The summed E-state index contributed by atoms with van der Waals surface area (Å²) in [5.41, 5.74) is 3.03. The Hall–Kier alpha value is -4.46. The van der Waals surface area contributed by atoms with Gasteiger partial charge in [-0.15, -0.1) is 0 Å². The lowest BCUT2D eigenvalue weighted by molar-refractivity contribution is 0.0950. The van der Waals surface area contributed by atoms with Crippen LogP contribution in [0.25, 0.3) is 16.5 Å². The van der Waals surface area contributed by atoms with Crippen LogP contribution in [0.5, 0.6) is 11.5 Å². The zero-order valence-electron chi connectivity index (χ0n) is 16.5. The molecule has 31 heavy (non-hydrogen) atoms. The number of phenolic OH excluding ortho intramolecular Hbond substituents is 1. The van der Waals surface area contributed by atoms with Gasteiger partial charge in [-0.25, -0.2) is 5.43 Å². The molecule has 0 saturated carbocycles. The minimum atomic E-state index is -0.598. The van der Waals surface area contributed by atoms with Crippen LogP contribution >= 0.6 is 0 Å². The summed E-state index contributed by atoms with van der Waals surface area (Å²) in [6.45, 7) is 0. The summed E-state index contributed by atoms with van der Waals surface area (Å²) < 4.78 is 6.31. The number of hydrazone groups is 1. The Morgan fingerprint density at radius 2 is 1.77 bits per heavy atom. The smallest absolute Gasteiger partial charge is 0.292 e. The molecule has 2 N–H and O–H groups in total. The summed E-state index contributed by atoms with van der Waals surface area (Å²) in [4.78, 5) is 25.8. The molecule has 4 rings (SSSR count). The van der Waals surface area contributed by atoms with Crippen molar-refractivity contribution in [2.45, 2.75) is 0 Å². The van der Waals surface area contributed by atoms with Gasteiger partial charge in [0.2, 0.25) is 0 Å². The van der Waals surface area contributed by atoms with Crippen LogP contribution in [-0.4, -0.2) is 34.1 Å². The van der Waals surface area contributed by atoms with E-state index in [4.69, 9.17) is 4.74 Å². The van der Waals surface area contributed by atoms with E-state index in [1.807, 2.05) is 6.07 Å². The third-order valence-corrected chi connectivity index (χ3v) is 4.63. The topological polar surface area (TPSA) is 106 Å². The van der Waals surface area contributed by atoms with E-state index in [0.717, 1.165) is 0 Å². The summed E-state index contributed by atoms with van der Waals surface area (Å²) in [6, 6.07) is 20.3. The predicted octanol–water partition coefficient (Wildman–Crippen LogP) is 2.86. The number of carbonyl (C=O) groups excluding carboxylic acids is 1. The van der Waals surface area contributed by atoms with E-state index in [1.54, 1.807) is 60.7 Å². The maximum absolute atomic E-state index is 12.9. The third kappa shape index (κ3) is 3.99. The van der Waals surface area contributed by atoms with Crippen LogP contribution in [0.3, 0.4) is 0 Å². The van der Waals surface area contributed by atoms with Crippen LogP contribution in [0, 0.1) is 0 Å². The molecule has 8 nitrogen and oxygen atoms in total. The number of phenols is 1. The highest BCUT2D eigenvalue weighted by Crippen LogP contribution is 2.21. The van der Waals surface area contributed by atoms with Crippen molar-refractivity contribution in [3.63, 3.8) is 0 Å². The Morgan fingerprint density at radius 3 is 2.52 bits per heavy atom. The van der Waals surface area contributed by atoms with Crippen molar-refractivity contribution in [3.05, 3.63) is 94.4 Å². The Morgan fingerprint density at radius 1 is 1.06 bits per heavy atom. The SMILES string of the molecule is COc1ccc(O)c(/C=N/NC(=O)c2nn(-c3ccccc3)c(=O)c3ccccc23)c1. The van der Waals surface area contributed by atoms with Gasteiger partial charge in [0.05, 0.1) is 24.4 Å². The van der Waals surface area contributed by atoms with Crippen molar-refractivity contribution >= 4 is 22.9 Å². The first-order valence-electron chi connectivity index (χ1n) is 9.36. The second kappa shape index (κ2) is 8.50. The highest BCUT2D eigenvalue weighted by atomic mass is 16.5. The van der Waals surface area contributed by atoms with Crippen molar-refractivity contribution in [1.82, 2.24) is 15.2 Å². The predicted molar refractivity (Wildman–Crippen MR) is 117 cm³/mol. The highest BCUT2D eigenvalue weighted by molar-refractivity contribution is 6.05. The van der Waals surface area contributed by atoms with Gasteiger partial charge in [0.15, 0.2) is 5.69 Å². The summed E-state index contributed by atoms with van der Waals surface area (Å²) in [7, 11) is 1.51.